The van der Waals surface area contributed by atoms with E-state index in [0.29, 0.717) is 28.0 Å². The second kappa shape index (κ2) is 6.74. The van der Waals surface area contributed by atoms with Gasteiger partial charge in [0.05, 0.1) is 5.56 Å². The van der Waals surface area contributed by atoms with E-state index in [1.165, 1.54) is 6.07 Å². The van der Waals surface area contributed by atoms with Gasteiger partial charge in [-0.15, -0.1) is 0 Å². The van der Waals surface area contributed by atoms with Crippen molar-refractivity contribution in [3.05, 3.63) is 88.0 Å². The number of benzene rings is 3. The Bertz CT molecular complexity index is 1450. The van der Waals surface area contributed by atoms with Crippen molar-refractivity contribution in [3.8, 4) is 17.2 Å². The number of esters is 1. The zero-order chi connectivity index (χ0) is 23.8. The van der Waals surface area contributed by atoms with Crippen LogP contribution in [0.5, 0.6) is 17.2 Å². The van der Waals surface area contributed by atoms with Gasteiger partial charge in [-0.05, 0) is 49.2 Å². The summed E-state index contributed by atoms with van der Waals surface area (Å²) in [7, 11) is -5.88. The Morgan fingerprint density at radius 1 is 0.939 bits per heavy atom. The number of hydrogen-bond acceptors (Lipinski definition) is 6. The molecule has 0 bridgehead atoms. The minimum absolute atomic E-state index is 0.00637. The Balaban J connectivity index is 1.76. The molecule has 0 N–H and O–H groups in total. The maximum Gasteiger partial charge on any atom is 0.534 e. The van der Waals surface area contributed by atoms with Crippen LogP contribution >= 0.6 is 0 Å². The second-order valence-electron chi connectivity index (χ2n) is 7.81. The van der Waals surface area contributed by atoms with Crippen LogP contribution in [0, 0.1) is 13.8 Å². The molecule has 1 atom stereocenters. The molecular formula is C23H15F3O6S. The van der Waals surface area contributed by atoms with E-state index in [9.17, 15) is 26.4 Å². The molecule has 33 heavy (non-hydrogen) atoms. The lowest BCUT2D eigenvalue weighted by molar-refractivity contribution is -0.0500. The van der Waals surface area contributed by atoms with Gasteiger partial charge >= 0.3 is 21.6 Å². The van der Waals surface area contributed by atoms with E-state index < -0.39 is 32.9 Å². The molecule has 0 saturated heterocycles. The highest BCUT2D eigenvalue weighted by Crippen LogP contribution is 2.57. The van der Waals surface area contributed by atoms with Crippen LogP contribution in [0.15, 0.2) is 54.6 Å². The lowest BCUT2D eigenvalue weighted by Gasteiger charge is -2.37. The van der Waals surface area contributed by atoms with E-state index >= 15 is 0 Å². The standard InChI is InChI=1S/C23H15F3O6S/c1-12-6-8-16-18(10-12)30-19-11-14(32-33(28,29)23(24,25)26)7-9-17(19)22(16)20-13(2)4-3-5-15(20)21(27)31-22/h3-11H,1-2H3. The Hall–Kier alpha value is -3.53. The third-order valence-electron chi connectivity index (χ3n) is 5.65. The van der Waals surface area contributed by atoms with Gasteiger partial charge in [0.1, 0.15) is 17.2 Å². The zero-order valence-corrected chi connectivity index (χ0v) is 18.0. The zero-order valence-electron chi connectivity index (χ0n) is 17.2. The van der Waals surface area contributed by atoms with Crippen molar-refractivity contribution in [2.24, 2.45) is 0 Å². The fourth-order valence-corrected chi connectivity index (χ4v) is 4.75. The monoisotopic (exact) mass is 476 g/mol. The summed E-state index contributed by atoms with van der Waals surface area (Å²) in [6.45, 7) is 3.64. The molecule has 10 heteroatoms. The Kier molecular flexibility index (Phi) is 4.35. The molecule has 6 nitrogen and oxygen atoms in total. The van der Waals surface area contributed by atoms with E-state index in [1.807, 2.05) is 26.0 Å². The normalized spacial score (nSPS) is 18.8. The van der Waals surface area contributed by atoms with Crippen LogP contribution in [0.25, 0.3) is 0 Å². The lowest BCUT2D eigenvalue weighted by Crippen LogP contribution is -2.33. The summed E-state index contributed by atoms with van der Waals surface area (Å²) in [5, 5.41) is 0. The van der Waals surface area contributed by atoms with Crippen LogP contribution in [0.4, 0.5) is 13.2 Å². The van der Waals surface area contributed by atoms with Gasteiger partial charge in [-0.1, -0.05) is 24.3 Å². The van der Waals surface area contributed by atoms with Gasteiger partial charge < -0.3 is 13.7 Å². The van der Waals surface area contributed by atoms with Crippen molar-refractivity contribution < 1.29 is 40.0 Å². The summed E-state index contributed by atoms with van der Waals surface area (Å²) in [5.74, 6) is -0.825. The van der Waals surface area contributed by atoms with Gasteiger partial charge in [-0.25, -0.2) is 4.79 Å². The second-order valence-corrected chi connectivity index (χ2v) is 9.35. The van der Waals surface area contributed by atoms with E-state index in [2.05, 4.69) is 4.18 Å². The Morgan fingerprint density at radius 2 is 1.61 bits per heavy atom. The average molecular weight is 476 g/mol. The third-order valence-corrected chi connectivity index (χ3v) is 6.63. The first-order chi connectivity index (χ1) is 15.4. The molecule has 2 aliphatic rings. The number of fused-ring (bicyclic) bond motifs is 6. The average Bonchev–Trinajstić information content (AvgIpc) is 3.01. The summed E-state index contributed by atoms with van der Waals surface area (Å²) in [6, 6.07) is 13.9. The quantitative estimate of drug-likeness (QED) is 0.291. The van der Waals surface area contributed by atoms with Crippen molar-refractivity contribution in [3.63, 3.8) is 0 Å². The minimum Gasteiger partial charge on any atom is -0.456 e. The number of ether oxygens (including phenoxy) is 2. The van der Waals surface area contributed by atoms with Gasteiger partial charge in [-0.2, -0.15) is 21.6 Å². The molecule has 1 spiro atoms. The number of hydrogen-bond donors (Lipinski definition) is 0. The van der Waals surface area contributed by atoms with E-state index in [0.717, 1.165) is 23.3 Å². The van der Waals surface area contributed by atoms with Gasteiger partial charge in [-0.3, -0.25) is 0 Å². The number of carbonyl (C=O) groups is 1. The number of carbonyl (C=O) groups excluding carboxylic acids is 1. The first-order valence-corrected chi connectivity index (χ1v) is 11.1. The largest absolute Gasteiger partial charge is 0.534 e. The molecule has 0 radical (unpaired) electrons. The van der Waals surface area contributed by atoms with Crippen molar-refractivity contribution in [2.75, 3.05) is 0 Å². The first-order valence-electron chi connectivity index (χ1n) is 9.72. The van der Waals surface area contributed by atoms with Crippen LogP contribution in [-0.2, 0) is 20.5 Å². The van der Waals surface area contributed by atoms with Crippen molar-refractivity contribution >= 4 is 16.1 Å². The fourth-order valence-electron chi connectivity index (χ4n) is 4.30. The van der Waals surface area contributed by atoms with Crippen LogP contribution in [0.2, 0.25) is 0 Å². The molecule has 2 heterocycles. The van der Waals surface area contributed by atoms with E-state index in [1.54, 1.807) is 24.3 Å². The van der Waals surface area contributed by atoms with Crippen molar-refractivity contribution in [1.29, 1.82) is 0 Å². The molecule has 1 unspecified atom stereocenters. The highest BCUT2D eigenvalue weighted by atomic mass is 32.2. The summed E-state index contributed by atoms with van der Waals surface area (Å²) >= 11 is 0. The molecule has 170 valence electrons. The van der Waals surface area contributed by atoms with Crippen LogP contribution < -0.4 is 8.92 Å². The predicted molar refractivity (Wildman–Crippen MR) is 110 cm³/mol. The SMILES string of the molecule is Cc1ccc2c(c1)Oc1cc(OS(=O)(=O)C(F)(F)F)ccc1C21OC(=O)c2cccc(C)c21. The van der Waals surface area contributed by atoms with Crippen molar-refractivity contribution in [1.82, 2.24) is 0 Å². The van der Waals surface area contributed by atoms with E-state index in [-0.39, 0.29) is 5.75 Å². The number of rotatable bonds is 2. The number of halogens is 3. The molecule has 0 fully saturated rings. The maximum absolute atomic E-state index is 12.9. The number of aryl methyl sites for hydroxylation is 2. The molecule has 0 amide bonds. The molecule has 5 rings (SSSR count). The molecular weight excluding hydrogens is 461 g/mol. The molecule has 3 aromatic carbocycles. The highest BCUT2D eigenvalue weighted by molar-refractivity contribution is 7.88. The molecule has 0 aliphatic carbocycles. The maximum atomic E-state index is 12.9. The fraction of sp³-hybridized carbons (Fsp3) is 0.174. The summed E-state index contributed by atoms with van der Waals surface area (Å²) in [6.07, 6.45) is 0. The van der Waals surface area contributed by atoms with Crippen LogP contribution in [0.1, 0.15) is 38.2 Å². The predicted octanol–water partition coefficient (Wildman–Crippen LogP) is 5.10. The van der Waals surface area contributed by atoms with Gasteiger partial charge in [0.2, 0.25) is 0 Å². The van der Waals surface area contributed by atoms with Crippen molar-refractivity contribution in [2.45, 2.75) is 25.0 Å². The van der Waals surface area contributed by atoms with E-state index in [4.69, 9.17) is 9.47 Å². The van der Waals surface area contributed by atoms with Gasteiger partial charge in [0, 0.05) is 22.8 Å². The smallest absolute Gasteiger partial charge is 0.456 e. The summed E-state index contributed by atoms with van der Waals surface area (Å²) in [4.78, 5) is 12.9. The first kappa shape index (κ1) is 21.3. The topological polar surface area (TPSA) is 78.9 Å². The minimum atomic E-state index is -5.88. The number of alkyl halides is 3. The van der Waals surface area contributed by atoms with Gasteiger partial charge in [0.25, 0.3) is 0 Å². The van der Waals surface area contributed by atoms with Crippen LogP contribution in [-0.4, -0.2) is 19.9 Å². The Morgan fingerprint density at radius 3 is 2.30 bits per heavy atom. The van der Waals surface area contributed by atoms with Crippen LogP contribution in [0.3, 0.4) is 0 Å². The molecule has 3 aromatic rings. The van der Waals surface area contributed by atoms with Gasteiger partial charge in [0.15, 0.2) is 5.60 Å². The third kappa shape index (κ3) is 3.01. The Labute approximate surface area is 186 Å². The highest BCUT2D eigenvalue weighted by Gasteiger charge is 2.54. The summed E-state index contributed by atoms with van der Waals surface area (Å²) < 4.78 is 77.5. The lowest BCUT2D eigenvalue weighted by atomic mass is 9.76. The molecule has 0 aromatic heterocycles. The summed E-state index contributed by atoms with van der Waals surface area (Å²) in [5.41, 5.74) is -3.61. The molecule has 0 saturated carbocycles. The molecule has 2 aliphatic heterocycles.